The minimum absolute atomic E-state index is 0.0635. The third-order valence-electron chi connectivity index (χ3n) is 2.99. The summed E-state index contributed by atoms with van der Waals surface area (Å²) in [6.45, 7) is 5.79. The minimum atomic E-state index is -0.0635. The first kappa shape index (κ1) is 14.5. The van der Waals surface area contributed by atoms with Crippen LogP contribution in [-0.4, -0.2) is 16.9 Å². The summed E-state index contributed by atoms with van der Waals surface area (Å²) < 4.78 is 0. The second kappa shape index (κ2) is 6.52. The lowest BCUT2D eigenvalue weighted by molar-refractivity contribution is -0.114. The number of amides is 1. The van der Waals surface area contributed by atoms with E-state index in [0.29, 0.717) is 6.04 Å². The van der Waals surface area contributed by atoms with Gasteiger partial charge in [0.25, 0.3) is 0 Å². The van der Waals surface area contributed by atoms with Gasteiger partial charge in [-0.1, -0.05) is 19.1 Å². The zero-order chi connectivity index (χ0) is 14.5. The molecule has 2 N–H and O–H groups in total. The molecule has 1 heterocycles. The van der Waals surface area contributed by atoms with Crippen molar-refractivity contribution in [1.82, 2.24) is 4.98 Å². The van der Waals surface area contributed by atoms with E-state index < -0.39 is 0 Å². The van der Waals surface area contributed by atoms with Gasteiger partial charge in [0, 0.05) is 29.6 Å². The number of hydrogen-bond acceptors (Lipinski definition) is 4. The Morgan fingerprint density at radius 1 is 1.35 bits per heavy atom. The van der Waals surface area contributed by atoms with E-state index in [9.17, 15) is 4.79 Å². The first-order valence-corrected chi connectivity index (χ1v) is 7.56. The standard InChI is InChI=1S/C15H19N3OS/c1-4-10(2)16-15-18-14(9-20-15)12-5-7-13(8-6-12)17-11(3)19/h5-10H,4H2,1-3H3,(H,16,18)(H,17,19)/t10-/m0/s1. The number of hydrogen-bond donors (Lipinski definition) is 2. The van der Waals surface area contributed by atoms with Crippen LogP contribution in [0.5, 0.6) is 0 Å². The zero-order valence-corrected chi connectivity index (χ0v) is 12.8. The number of benzene rings is 1. The van der Waals surface area contributed by atoms with Crippen molar-refractivity contribution in [1.29, 1.82) is 0 Å². The average Bonchev–Trinajstić information content (AvgIpc) is 2.87. The summed E-state index contributed by atoms with van der Waals surface area (Å²) in [7, 11) is 0. The van der Waals surface area contributed by atoms with Crippen LogP contribution in [0.2, 0.25) is 0 Å². The van der Waals surface area contributed by atoms with E-state index in [1.165, 1.54) is 6.92 Å². The lowest BCUT2D eigenvalue weighted by Gasteiger charge is -2.08. The summed E-state index contributed by atoms with van der Waals surface area (Å²) in [6.07, 6.45) is 1.07. The number of thiazole rings is 1. The molecule has 20 heavy (non-hydrogen) atoms. The molecule has 0 fully saturated rings. The molecule has 1 amide bonds. The Balaban J connectivity index is 2.09. The number of aromatic nitrogens is 1. The van der Waals surface area contributed by atoms with Gasteiger partial charge in [-0.05, 0) is 25.5 Å². The second-order valence-electron chi connectivity index (χ2n) is 4.75. The molecular weight excluding hydrogens is 270 g/mol. The SMILES string of the molecule is CC[C@H](C)Nc1nc(-c2ccc(NC(C)=O)cc2)cs1. The normalized spacial score (nSPS) is 11.9. The molecule has 5 heteroatoms. The average molecular weight is 289 g/mol. The van der Waals surface area contributed by atoms with Gasteiger partial charge in [0.15, 0.2) is 5.13 Å². The van der Waals surface area contributed by atoms with E-state index in [0.717, 1.165) is 28.5 Å². The Morgan fingerprint density at radius 3 is 2.65 bits per heavy atom. The van der Waals surface area contributed by atoms with Crippen LogP contribution in [0.25, 0.3) is 11.3 Å². The molecule has 1 atom stereocenters. The Morgan fingerprint density at radius 2 is 2.05 bits per heavy atom. The predicted octanol–water partition coefficient (Wildman–Crippen LogP) is 3.98. The van der Waals surface area contributed by atoms with Crippen LogP contribution in [0.4, 0.5) is 10.8 Å². The Kier molecular flexibility index (Phi) is 4.74. The number of carbonyl (C=O) groups is 1. The summed E-state index contributed by atoms with van der Waals surface area (Å²) in [4.78, 5) is 15.6. The van der Waals surface area contributed by atoms with Gasteiger partial charge in [0.05, 0.1) is 5.69 Å². The molecule has 1 aromatic heterocycles. The molecule has 0 radical (unpaired) electrons. The second-order valence-corrected chi connectivity index (χ2v) is 5.61. The molecule has 106 valence electrons. The van der Waals surface area contributed by atoms with Crippen LogP contribution in [0.3, 0.4) is 0 Å². The highest BCUT2D eigenvalue weighted by Gasteiger charge is 2.06. The molecule has 4 nitrogen and oxygen atoms in total. The Bertz CT molecular complexity index is 577. The lowest BCUT2D eigenvalue weighted by Crippen LogP contribution is -2.12. The molecule has 0 aliphatic carbocycles. The molecule has 2 aromatic rings. The maximum absolute atomic E-state index is 11.0. The van der Waals surface area contributed by atoms with E-state index in [2.05, 4.69) is 29.5 Å². The highest BCUT2D eigenvalue weighted by molar-refractivity contribution is 7.14. The topological polar surface area (TPSA) is 54.0 Å². The van der Waals surface area contributed by atoms with E-state index in [-0.39, 0.29) is 5.91 Å². The summed E-state index contributed by atoms with van der Waals surface area (Å²) in [6, 6.07) is 8.13. The fourth-order valence-corrected chi connectivity index (χ4v) is 2.55. The quantitative estimate of drug-likeness (QED) is 0.875. The Labute approximate surface area is 123 Å². The number of anilines is 2. The van der Waals surface area contributed by atoms with Crippen LogP contribution >= 0.6 is 11.3 Å². The van der Waals surface area contributed by atoms with Crippen molar-refractivity contribution in [2.75, 3.05) is 10.6 Å². The van der Waals surface area contributed by atoms with Crippen molar-refractivity contribution in [2.24, 2.45) is 0 Å². The molecule has 2 rings (SSSR count). The number of rotatable bonds is 5. The largest absolute Gasteiger partial charge is 0.359 e. The predicted molar refractivity (Wildman–Crippen MR) is 85.2 cm³/mol. The molecule has 0 spiro atoms. The smallest absolute Gasteiger partial charge is 0.221 e. The molecule has 0 unspecified atom stereocenters. The maximum atomic E-state index is 11.0. The highest BCUT2D eigenvalue weighted by Crippen LogP contribution is 2.26. The van der Waals surface area contributed by atoms with E-state index in [1.807, 2.05) is 29.6 Å². The molecule has 0 saturated carbocycles. The maximum Gasteiger partial charge on any atom is 0.221 e. The first-order chi connectivity index (χ1) is 9.58. The molecule has 0 aliphatic heterocycles. The van der Waals surface area contributed by atoms with Gasteiger partial charge >= 0.3 is 0 Å². The Hall–Kier alpha value is -1.88. The van der Waals surface area contributed by atoms with Crippen molar-refractivity contribution in [2.45, 2.75) is 33.2 Å². The van der Waals surface area contributed by atoms with E-state index in [1.54, 1.807) is 11.3 Å². The van der Waals surface area contributed by atoms with E-state index in [4.69, 9.17) is 0 Å². The number of nitrogens with one attached hydrogen (secondary N) is 2. The fraction of sp³-hybridized carbons (Fsp3) is 0.333. The van der Waals surface area contributed by atoms with Crippen molar-refractivity contribution >= 4 is 28.1 Å². The van der Waals surface area contributed by atoms with Crippen molar-refractivity contribution in [3.8, 4) is 11.3 Å². The number of nitrogens with zero attached hydrogens (tertiary/aromatic N) is 1. The van der Waals surface area contributed by atoms with Gasteiger partial charge in [-0.2, -0.15) is 0 Å². The molecular formula is C15H19N3OS. The van der Waals surface area contributed by atoms with Gasteiger partial charge in [0.1, 0.15) is 0 Å². The zero-order valence-electron chi connectivity index (χ0n) is 11.9. The van der Waals surface area contributed by atoms with Gasteiger partial charge < -0.3 is 10.6 Å². The fourth-order valence-electron chi connectivity index (χ4n) is 1.71. The third-order valence-corrected chi connectivity index (χ3v) is 3.76. The monoisotopic (exact) mass is 289 g/mol. The third kappa shape index (κ3) is 3.81. The van der Waals surface area contributed by atoms with Gasteiger partial charge in [-0.15, -0.1) is 11.3 Å². The summed E-state index contributed by atoms with van der Waals surface area (Å²) in [5, 5.41) is 9.11. The van der Waals surface area contributed by atoms with Crippen LogP contribution < -0.4 is 10.6 Å². The van der Waals surface area contributed by atoms with Crippen LogP contribution in [0.1, 0.15) is 27.2 Å². The van der Waals surface area contributed by atoms with Crippen molar-refractivity contribution < 1.29 is 4.79 Å². The van der Waals surface area contributed by atoms with Crippen molar-refractivity contribution in [3.05, 3.63) is 29.6 Å². The van der Waals surface area contributed by atoms with Crippen LogP contribution in [0.15, 0.2) is 29.6 Å². The minimum Gasteiger partial charge on any atom is -0.359 e. The van der Waals surface area contributed by atoms with Crippen LogP contribution in [-0.2, 0) is 4.79 Å². The van der Waals surface area contributed by atoms with Crippen molar-refractivity contribution in [3.63, 3.8) is 0 Å². The van der Waals surface area contributed by atoms with Gasteiger partial charge in [-0.3, -0.25) is 4.79 Å². The molecule has 1 aromatic carbocycles. The summed E-state index contributed by atoms with van der Waals surface area (Å²) in [5.74, 6) is -0.0635. The van der Waals surface area contributed by atoms with Gasteiger partial charge in [-0.25, -0.2) is 4.98 Å². The number of carbonyl (C=O) groups excluding carboxylic acids is 1. The van der Waals surface area contributed by atoms with Gasteiger partial charge in [0.2, 0.25) is 5.91 Å². The molecule has 0 bridgehead atoms. The molecule has 0 aliphatic rings. The highest BCUT2D eigenvalue weighted by atomic mass is 32.1. The summed E-state index contributed by atoms with van der Waals surface area (Å²) in [5.41, 5.74) is 2.80. The van der Waals surface area contributed by atoms with E-state index >= 15 is 0 Å². The summed E-state index contributed by atoms with van der Waals surface area (Å²) >= 11 is 1.61. The lowest BCUT2D eigenvalue weighted by atomic mass is 10.1. The van der Waals surface area contributed by atoms with Crippen LogP contribution in [0, 0.1) is 0 Å². The first-order valence-electron chi connectivity index (χ1n) is 6.68. The molecule has 0 saturated heterocycles.